The van der Waals surface area contributed by atoms with Crippen molar-refractivity contribution in [2.24, 2.45) is 41.4 Å². The second-order valence-corrected chi connectivity index (χ2v) is 15.0. The van der Waals surface area contributed by atoms with Gasteiger partial charge in [-0.05, 0) is 79.8 Å². The molecule has 45 heavy (non-hydrogen) atoms. The van der Waals surface area contributed by atoms with Gasteiger partial charge in [-0.1, -0.05) is 115 Å². The minimum atomic E-state index is -1.12. The second-order valence-electron chi connectivity index (χ2n) is 15.0. The van der Waals surface area contributed by atoms with Crippen LogP contribution >= 0.6 is 0 Å². The maximum absolute atomic E-state index is 14.5. The van der Waals surface area contributed by atoms with E-state index in [1.807, 2.05) is 36.4 Å². The molecule has 3 aliphatic rings. The SMILES string of the molecule is Cc1ccc([C@H]2C=C(c3ccccc3)O[C@@H](C(=O)O[C@@H]3C[C@H](C)CC[C@H]3C(C)C)[C@H]2C(=O)O[C@@H]2C[C@H](C)CC[C@H]2C(C)C)cc1. The molecule has 2 aromatic carbocycles. The summed E-state index contributed by atoms with van der Waals surface area (Å²) in [5.74, 6) is 0.826. The monoisotopic (exact) mass is 614 g/mol. The van der Waals surface area contributed by atoms with Crippen molar-refractivity contribution in [1.82, 2.24) is 0 Å². The Bertz CT molecular complexity index is 1310. The number of rotatable bonds is 8. The molecule has 2 aliphatic carbocycles. The summed E-state index contributed by atoms with van der Waals surface area (Å²) in [7, 11) is 0. The summed E-state index contributed by atoms with van der Waals surface area (Å²) in [5, 5.41) is 0. The van der Waals surface area contributed by atoms with Crippen LogP contribution < -0.4 is 0 Å². The van der Waals surface area contributed by atoms with Gasteiger partial charge in [0, 0.05) is 11.5 Å². The molecule has 5 rings (SSSR count). The molecule has 2 saturated carbocycles. The van der Waals surface area contributed by atoms with Gasteiger partial charge in [-0.25, -0.2) is 4.79 Å². The highest BCUT2D eigenvalue weighted by atomic mass is 16.6. The van der Waals surface area contributed by atoms with E-state index in [2.05, 4.69) is 72.7 Å². The molecule has 0 bridgehead atoms. The van der Waals surface area contributed by atoms with Crippen molar-refractivity contribution in [2.45, 2.75) is 111 Å². The molecule has 1 aliphatic heterocycles. The minimum Gasteiger partial charge on any atom is -0.477 e. The molecular weight excluding hydrogens is 560 g/mol. The maximum Gasteiger partial charge on any atom is 0.348 e. The second kappa shape index (κ2) is 14.6. The number of hydrogen-bond acceptors (Lipinski definition) is 5. The van der Waals surface area contributed by atoms with Crippen molar-refractivity contribution < 1.29 is 23.8 Å². The predicted molar refractivity (Wildman–Crippen MR) is 179 cm³/mol. The van der Waals surface area contributed by atoms with E-state index in [-0.39, 0.29) is 24.1 Å². The maximum atomic E-state index is 14.5. The van der Waals surface area contributed by atoms with E-state index in [1.165, 1.54) is 0 Å². The van der Waals surface area contributed by atoms with E-state index >= 15 is 0 Å². The lowest BCUT2D eigenvalue weighted by atomic mass is 9.75. The number of esters is 2. The van der Waals surface area contributed by atoms with Crippen molar-refractivity contribution in [3.05, 3.63) is 77.4 Å². The third kappa shape index (κ3) is 7.84. The number of carbonyl (C=O) groups excluding carboxylic acids is 2. The van der Waals surface area contributed by atoms with E-state index in [4.69, 9.17) is 14.2 Å². The number of hydrogen-bond donors (Lipinski definition) is 0. The summed E-state index contributed by atoms with van der Waals surface area (Å²) in [6.07, 6.45) is 6.54. The molecule has 0 radical (unpaired) electrons. The van der Waals surface area contributed by atoms with Crippen LogP contribution in [0.25, 0.3) is 5.76 Å². The first-order valence-electron chi connectivity index (χ1n) is 17.4. The van der Waals surface area contributed by atoms with Crippen molar-refractivity contribution in [3.63, 3.8) is 0 Å². The standard InChI is InChI=1S/C40H54O5/c1-24(2)31-19-15-27(6)21-35(31)44-39(41)37-33(29-17-13-26(5)14-18-29)23-34(30-11-9-8-10-12-30)43-38(37)40(42)45-36-22-28(7)16-20-32(36)25(3)4/h8-14,17-18,23-25,27-28,31-33,35-38H,15-16,19-22H2,1-7H3/t27-,28-,31+,32+,33-,35-,36-,37+,38-/m1/s1. The molecule has 0 saturated heterocycles. The van der Waals surface area contributed by atoms with Gasteiger partial charge < -0.3 is 14.2 Å². The van der Waals surface area contributed by atoms with Gasteiger partial charge in [0.25, 0.3) is 0 Å². The first-order valence-corrected chi connectivity index (χ1v) is 17.4. The predicted octanol–water partition coefficient (Wildman–Crippen LogP) is 9.14. The molecule has 2 fully saturated rings. The van der Waals surface area contributed by atoms with Crippen LogP contribution in [0.5, 0.6) is 0 Å². The van der Waals surface area contributed by atoms with Gasteiger partial charge in [-0.3, -0.25) is 4.79 Å². The Morgan fingerprint density at radius 1 is 0.733 bits per heavy atom. The van der Waals surface area contributed by atoms with Crippen LogP contribution in [0.2, 0.25) is 0 Å². The zero-order valence-electron chi connectivity index (χ0n) is 28.4. The molecule has 5 nitrogen and oxygen atoms in total. The molecular formula is C40H54O5. The number of allylic oxidation sites excluding steroid dienone is 1. The van der Waals surface area contributed by atoms with Crippen molar-refractivity contribution >= 4 is 17.7 Å². The molecule has 2 aromatic rings. The normalized spacial score (nSPS) is 32.0. The summed E-state index contributed by atoms with van der Waals surface area (Å²) < 4.78 is 19.5. The van der Waals surface area contributed by atoms with Gasteiger partial charge in [0.2, 0.25) is 6.10 Å². The summed E-state index contributed by atoms with van der Waals surface area (Å²) in [4.78, 5) is 28.9. The van der Waals surface area contributed by atoms with Crippen LogP contribution in [0.1, 0.15) is 103 Å². The molecule has 5 heteroatoms. The Balaban J connectivity index is 1.54. The molecule has 0 N–H and O–H groups in total. The summed E-state index contributed by atoms with van der Waals surface area (Å²) >= 11 is 0. The fourth-order valence-electron chi connectivity index (χ4n) is 7.97. The number of benzene rings is 2. The zero-order valence-corrected chi connectivity index (χ0v) is 28.4. The van der Waals surface area contributed by atoms with E-state index < -0.39 is 23.9 Å². The summed E-state index contributed by atoms with van der Waals surface area (Å²) in [5.41, 5.74) is 2.96. The zero-order chi connectivity index (χ0) is 32.2. The van der Waals surface area contributed by atoms with E-state index in [9.17, 15) is 9.59 Å². The highest BCUT2D eigenvalue weighted by Gasteiger charge is 2.49. The summed E-state index contributed by atoms with van der Waals surface area (Å²) in [6.45, 7) is 15.4. The molecule has 0 aromatic heterocycles. The van der Waals surface area contributed by atoms with Gasteiger partial charge >= 0.3 is 11.9 Å². The van der Waals surface area contributed by atoms with E-state index in [1.54, 1.807) is 0 Å². The van der Waals surface area contributed by atoms with Crippen LogP contribution in [0.15, 0.2) is 60.7 Å². The van der Waals surface area contributed by atoms with Crippen molar-refractivity contribution in [1.29, 1.82) is 0 Å². The smallest absolute Gasteiger partial charge is 0.348 e. The molecule has 9 atom stereocenters. The van der Waals surface area contributed by atoms with Gasteiger partial charge in [0.05, 0.1) is 0 Å². The van der Waals surface area contributed by atoms with Crippen LogP contribution in [0, 0.1) is 48.3 Å². The Morgan fingerprint density at radius 2 is 1.27 bits per heavy atom. The lowest BCUT2D eigenvalue weighted by Gasteiger charge is -2.41. The quantitative estimate of drug-likeness (QED) is 0.278. The lowest BCUT2D eigenvalue weighted by Crippen LogP contribution is -2.48. The van der Waals surface area contributed by atoms with Gasteiger partial charge in [0.1, 0.15) is 23.9 Å². The molecule has 1 heterocycles. The third-order valence-electron chi connectivity index (χ3n) is 10.8. The molecule has 244 valence electrons. The van der Waals surface area contributed by atoms with Crippen molar-refractivity contribution in [3.8, 4) is 0 Å². The number of ether oxygens (including phenoxy) is 3. The third-order valence-corrected chi connectivity index (χ3v) is 10.8. The fraction of sp³-hybridized carbons (Fsp3) is 0.600. The van der Waals surface area contributed by atoms with Crippen LogP contribution in [0.3, 0.4) is 0 Å². The van der Waals surface area contributed by atoms with Gasteiger partial charge in [0.15, 0.2) is 0 Å². The highest BCUT2D eigenvalue weighted by molar-refractivity contribution is 5.87. The number of aryl methyl sites for hydroxylation is 1. The largest absolute Gasteiger partial charge is 0.477 e. The Labute approximate surface area is 271 Å². The van der Waals surface area contributed by atoms with Crippen molar-refractivity contribution in [2.75, 3.05) is 0 Å². The number of carbonyl (C=O) groups is 2. The minimum absolute atomic E-state index is 0.180. The molecule has 0 amide bonds. The van der Waals surface area contributed by atoms with Crippen LogP contribution in [0.4, 0.5) is 0 Å². The van der Waals surface area contributed by atoms with Crippen LogP contribution in [-0.2, 0) is 23.8 Å². The van der Waals surface area contributed by atoms with Crippen LogP contribution in [-0.4, -0.2) is 30.3 Å². The van der Waals surface area contributed by atoms with Gasteiger partial charge in [-0.2, -0.15) is 0 Å². The lowest BCUT2D eigenvalue weighted by molar-refractivity contribution is -0.180. The Hall–Kier alpha value is -3.08. The molecule has 0 unspecified atom stereocenters. The fourth-order valence-corrected chi connectivity index (χ4v) is 7.97. The Morgan fingerprint density at radius 3 is 1.80 bits per heavy atom. The molecule has 0 spiro atoms. The highest BCUT2D eigenvalue weighted by Crippen LogP contribution is 2.43. The van der Waals surface area contributed by atoms with Gasteiger partial charge in [-0.15, -0.1) is 0 Å². The average molecular weight is 615 g/mol. The Kier molecular flexibility index (Phi) is 10.8. The van der Waals surface area contributed by atoms with E-state index in [0.29, 0.717) is 35.3 Å². The topological polar surface area (TPSA) is 61.8 Å². The van der Waals surface area contributed by atoms with E-state index in [0.717, 1.165) is 55.2 Å². The summed E-state index contributed by atoms with van der Waals surface area (Å²) in [6, 6.07) is 18.1. The first-order chi connectivity index (χ1) is 21.5. The first kappa shape index (κ1) is 33.3. The average Bonchev–Trinajstić information content (AvgIpc) is 3.01.